The van der Waals surface area contributed by atoms with Crippen molar-refractivity contribution >= 4 is 23.5 Å². The summed E-state index contributed by atoms with van der Waals surface area (Å²) in [4.78, 5) is 26.2. The van der Waals surface area contributed by atoms with Crippen LogP contribution in [0.2, 0.25) is 5.02 Å². The smallest absolute Gasteiger partial charge is 0.409 e. The highest BCUT2D eigenvalue weighted by molar-refractivity contribution is 6.31. The van der Waals surface area contributed by atoms with E-state index in [2.05, 4.69) is 6.92 Å². The maximum Gasteiger partial charge on any atom is 0.409 e. The molecule has 2 aliphatic rings. The van der Waals surface area contributed by atoms with E-state index in [4.69, 9.17) is 21.1 Å². The molecule has 130 valence electrons. The molecule has 2 heterocycles. The van der Waals surface area contributed by atoms with Gasteiger partial charge in [-0.3, -0.25) is 4.79 Å². The molecule has 0 radical (unpaired) electrons. The average Bonchev–Trinajstić information content (AvgIpc) is 2.56. The second-order valence-corrected chi connectivity index (χ2v) is 6.92. The summed E-state index contributed by atoms with van der Waals surface area (Å²) >= 11 is 5.96. The normalized spacial score (nSPS) is 18.9. The van der Waals surface area contributed by atoms with E-state index in [-0.39, 0.29) is 11.9 Å². The van der Waals surface area contributed by atoms with E-state index in [9.17, 15) is 9.59 Å². The summed E-state index contributed by atoms with van der Waals surface area (Å²) in [5, 5.41) is 0.534. The first-order valence-electron chi connectivity index (χ1n) is 8.46. The molecule has 2 aliphatic heterocycles. The molecule has 1 fully saturated rings. The van der Waals surface area contributed by atoms with Crippen molar-refractivity contribution in [1.29, 1.82) is 0 Å². The van der Waals surface area contributed by atoms with Crippen LogP contribution in [0.15, 0.2) is 18.2 Å². The molecule has 1 aromatic carbocycles. The number of hydrogen-bond acceptors (Lipinski definition) is 4. The highest BCUT2D eigenvalue weighted by Gasteiger charge is 2.43. The van der Waals surface area contributed by atoms with Crippen molar-refractivity contribution in [1.82, 2.24) is 4.90 Å². The minimum Gasteiger partial charge on any atom is -0.486 e. The van der Waals surface area contributed by atoms with Gasteiger partial charge in [0.2, 0.25) is 0 Å². The van der Waals surface area contributed by atoms with E-state index in [1.165, 1.54) is 0 Å². The van der Waals surface area contributed by atoms with Crippen molar-refractivity contribution in [2.75, 3.05) is 19.7 Å². The zero-order valence-electron chi connectivity index (χ0n) is 13.8. The number of halogens is 1. The van der Waals surface area contributed by atoms with Gasteiger partial charge in [-0.25, -0.2) is 4.79 Å². The first-order valence-corrected chi connectivity index (χ1v) is 8.84. The van der Waals surface area contributed by atoms with E-state index in [0.717, 1.165) is 12.8 Å². The van der Waals surface area contributed by atoms with Gasteiger partial charge in [0.15, 0.2) is 5.78 Å². The van der Waals surface area contributed by atoms with E-state index < -0.39 is 5.60 Å². The molecule has 1 spiro atoms. The van der Waals surface area contributed by atoms with Gasteiger partial charge in [0.05, 0.1) is 18.6 Å². The standard InChI is InChI=1S/C18H22ClNO4/c1-2-3-10-23-17(22)20-8-6-18(7-9-20)12-15(21)14-11-13(19)4-5-16(14)24-18/h4-5,11H,2-3,6-10,12H2,1H3. The molecule has 3 rings (SSSR count). The molecule has 24 heavy (non-hydrogen) atoms. The van der Waals surface area contributed by atoms with Crippen molar-refractivity contribution in [3.05, 3.63) is 28.8 Å². The largest absolute Gasteiger partial charge is 0.486 e. The summed E-state index contributed by atoms with van der Waals surface area (Å²) in [6.45, 7) is 3.60. The number of likely N-dealkylation sites (tertiary alicyclic amines) is 1. The molecular formula is C18H22ClNO4. The first kappa shape index (κ1) is 17.1. The highest BCUT2D eigenvalue weighted by Crippen LogP contribution is 2.40. The SMILES string of the molecule is CCCCOC(=O)N1CCC2(CC1)CC(=O)c1cc(Cl)ccc1O2. The highest BCUT2D eigenvalue weighted by atomic mass is 35.5. The van der Waals surface area contributed by atoms with E-state index in [1.54, 1.807) is 23.1 Å². The van der Waals surface area contributed by atoms with E-state index >= 15 is 0 Å². The van der Waals surface area contributed by atoms with Crippen LogP contribution in [-0.4, -0.2) is 42.1 Å². The summed E-state index contributed by atoms with van der Waals surface area (Å²) in [6.07, 6.45) is 3.19. The number of Topliss-reactive ketones (excluding diaryl/α,β-unsaturated/α-hetero) is 1. The number of benzene rings is 1. The van der Waals surface area contributed by atoms with Gasteiger partial charge in [0, 0.05) is 31.0 Å². The van der Waals surface area contributed by atoms with Crippen LogP contribution in [0, 0.1) is 0 Å². The molecule has 0 aliphatic carbocycles. The monoisotopic (exact) mass is 351 g/mol. The number of rotatable bonds is 3. The van der Waals surface area contributed by atoms with Crippen LogP contribution in [-0.2, 0) is 4.74 Å². The Labute approximate surface area is 146 Å². The van der Waals surface area contributed by atoms with Crippen molar-refractivity contribution < 1.29 is 19.1 Å². The van der Waals surface area contributed by atoms with Gasteiger partial charge in [0.1, 0.15) is 11.4 Å². The lowest BCUT2D eigenvalue weighted by Gasteiger charge is -2.43. The van der Waals surface area contributed by atoms with E-state index in [0.29, 0.717) is 55.3 Å². The maximum atomic E-state index is 12.5. The molecular weight excluding hydrogens is 330 g/mol. The Hall–Kier alpha value is -1.75. The minimum absolute atomic E-state index is 0.0534. The van der Waals surface area contributed by atoms with Gasteiger partial charge in [-0.2, -0.15) is 0 Å². The van der Waals surface area contributed by atoms with Gasteiger partial charge < -0.3 is 14.4 Å². The Morgan fingerprint density at radius 2 is 2.12 bits per heavy atom. The van der Waals surface area contributed by atoms with Gasteiger partial charge >= 0.3 is 6.09 Å². The number of unbranched alkanes of at least 4 members (excludes halogenated alkanes) is 1. The topological polar surface area (TPSA) is 55.8 Å². The number of carbonyl (C=O) groups is 2. The third-order valence-corrected chi connectivity index (χ3v) is 4.94. The predicted molar refractivity (Wildman–Crippen MR) is 90.8 cm³/mol. The predicted octanol–water partition coefficient (Wildman–Crippen LogP) is 4.08. The number of carbonyl (C=O) groups excluding carboxylic acids is 2. The molecule has 1 saturated heterocycles. The van der Waals surface area contributed by atoms with Crippen molar-refractivity contribution in [2.24, 2.45) is 0 Å². The second kappa shape index (κ2) is 7.01. The van der Waals surface area contributed by atoms with Gasteiger partial charge in [0.25, 0.3) is 0 Å². The lowest BCUT2D eigenvalue weighted by Crippen LogP contribution is -2.52. The zero-order valence-corrected chi connectivity index (χ0v) is 14.6. The summed E-state index contributed by atoms with van der Waals surface area (Å²) < 4.78 is 11.4. The van der Waals surface area contributed by atoms with Gasteiger partial charge in [-0.05, 0) is 24.6 Å². The molecule has 5 nitrogen and oxygen atoms in total. The Kier molecular flexibility index (Phi) is 4.99. The maximum absolute atomic E-state index is 12.5. The van der Waals surface area contributed by atoms with Crippen molar-refractivity contribution in [2.45, 2.75) is 44.6 Å². The molecule has 0 aromatic heterocycles. The number of piperidine rings is 1. The number of amides is 1. The summed E-state index contributed by atoms with van der Waals surface area (Å²) in [5.74, 6) is 0.646. The molecule has 0 atom stereocenters. The number of ketones is 1. The molecule has 1 aromatic rings. The lowest BCUT2D eigenvalue weighted by molar-refractivity contribution is -0.00913. The second-order valence-electron chi connectivity index (χ2n) is 6.48. The lowest BCUT2D eigenvalue weighted by atomic mass is 9.82. The molecule has 1 amide bonds. The average molecular weight is 352 g/mol. The Morgan fingerprint density at radius 3 is 2.83 bits per heavy atom. The Morgan fingerprint density at radius 1 is 1.38 bits per heavy atom. The quantitative estimate of drug-likeness (QED) is 0.770. The fourth-order valence-electron chi connectivity index (χ4n) is 3.24. The molecule has 0 N–H and O–H groups in total. The number of fused-ring (bicyclic) bond motifs is 1. The molecule has 0 bridgehead atoms. The third kappa shape index (κ3) is 3.51. The van der Waals surface area contributed by atoms with Gasteiger partial charge in [-0.15, -0.1) is 0 Å². The van der Waals surface area contributed by atoms with E-state index in [1.807, 2.05) is 0 Å². The van der Waals surface area contributed by atoms with Crippen LogP contribution in [0.3, 0.4) is 0 Å². The molecule has 0 saturated carbocycles. The van der Waals surface area contributed by atoms with Crippen molar-refractivity contribution in [3.8, 4) is 5.75 Å². The van der Waals surface area contributed by atoms with Crippen LogP contribution in [0.4, 0.5) is 4.79 Å². The summed E-state index contributed by atoms with van der Waals surface area (Å²) in [6, 6.07) is 5.14. The van der Waals surface area contributed by atoms with Gasteiger partial charge in [-0.1, -0.05) is 24.9 Å². The van der Waals surface area contributed by atoms with Crippen LogP contribution in [0.5, 0.6) is 5.75 Å². The zero-order chi connectivity index (χ0) is 17.2. The summed E-state index contributed by atoms with van der Waals surface area (Å²) in [7, 11) is 0. The van der Waals surface area contributed by atoms with Crippen LogP contribution in [0.1, 0.15) is 49.4 Å². The fourth-order valence-corrected chi connectivity index (χ4v) is 3.41. The fraction of sp³-hybridized carbons (Fsp3) is 0.556. The minimum atomic E-state index is -0.516. The molecule has 6 heteroatoms. The molecule has 0 unspecified atom stereocenters. The Balaban J connectivity index is 1.63. The van der Waals surface area contributed by atoms with Crippen LogP contribution < -0.4 is 4.74 Å². The number of nitrogens with zero attached hydrogens (tertiary/aromatic N) is 1. The number of hydrogen-bond donors (Lipinski definition) is 0. The van der Waals surface area contributed by atoms with Crippen molar-refractivity contribution in [3.63, 3.8) is 0 Å². The van der Waals surface area contributed by atoms with Crippen LogP contribution >= 0.6 is 11.6 Å². The number of ether oxygens (including phenoxy) is 2. The first-order chi connectivity index (χ1) is 11.5. The third-order valence-electron chi connectivity index (χ3n) is 4.71. The Bertz CT molecular complexity index is 638. The van der Waals surface area contributed by atoms with Crippen LogP contribution in [0.25, 0.3) is 0 Å². The summed E-state index contributed by atoms with van der Waals surface area (Å²) in [5.41, 5.74) is 0.0347.